The van der Waals surface area contributed by atoms with Gasteiger partial charge in [0.1, 0.15) is 12.0 Å². The fraction of sp³-hybridized carbons (Fsp3) is 0.462. The fourth-order valence-corrected chi connectivity index (χ4v) is 2.17. The highest BCUT2D eigenvalue weighted by Crippen LogP contribution is 2.36. The van der Waals surface area contributed by atoms with Crippen LogP contribution in [0.5, 0.6) is 5.75 Å². The number of hydrogen-bond acceptors (Lipinski definition) is 3. The maximum atomic E-state index is 11.2. The molecule has 1 heterocycles. The molecule has 0 unspecified atom stereocenters. The molecule has 1 saturated heterocycles. The standard InChI is InChI=1S/C13H16O3/c1-9-10(2)12(15-3)5-4-11(9)13(6-14)7-16-8-13/h4-6H,7-8H2,1-3H3. The van der Waals surface area contributed by atoms with E-state index in [1.807, 2.05) is 26.0 Å². The van der Waals surface area contributed by atoms with Crippen molar-refractivity contribution in [1.82, 2.24) is 0 Å². The van der Waals surface area contributed by atoms with Gasteiger partial charge in [0.05, 0.1) is 25.7 Å². The second-order valence-corrected chi connectivity index (χ2v) is 4.33. The highest BCUT2D eigenvalue weighted by atomic mass is 16.5. The lowest BCUT2D eigenvalue weighted by Gasteiger charge is -2.38. The summed E-state index contributed by atoms with van der Waals surface area (Å²) < 4.78 is 10.4. The van der Waals surface area contributed by atoms with Gasteiger partial charge >= 0.3 is 0 Å². The SMILES string of the molecule is COc1ccc(C2(C=O)COC2)c(C)c1C. The van der Waals surface area contributed by atoms with Crippen molar-refractivity contribution in [2.75, 3.05) is 20.3 Å². The third-order valence-corrected chi connectivity index (χ3v) is 3.44. The second-order valence-electron chi connectivity index (χ2n) is 4.33. The Morgan fingerprint density at radius 3 is 2.44 bits per heavy atom. The van der Waals surface area contributed by atoms with Crippen molar-refractivity contribution in [3.8, 4) is 5.75 Å². The summed E-state index contributed by atoms with van der Waals surface area (Å²) in [4.78, 5) is 11.2. The molecule has 0 spiro atoms. The van der Waals surface area contributed by atoms with E-state index in [1.165, 1.54) is 0 Å². The molecule has 1 aromatic carbocycles. The van der Waals surface area contributed by atoms with Crippen LogP contribution in [-0.4, -0.2) is 26.6 Å². The summed E-state index contributed by atoms with van der Waals surface area (Å²) in [7, 11) is 1.66. The summed E-state index contributed by atoms with van der Waals surface area (Å²) in [5, 5.41) is 0. The molecule has 3 heteroatoms. The Bertz CT molecular complexity index is 419. The zero-order valence-electron chi connectivity index (χ0n) is 9.87. The first-order chi connectivity index (χ1) is 7.64. The predicted octanol–water partition coefficient (Wildman–Crippen LogP) is 1.78. The lowest BCUT2D eigenvalue weighted by Crippen LogP contribution is -2.48. The van der Waals surface area contributed by atoms with Crippen LogP contribution in [0.4, 0.5) is 0 Å². The van der Waals surface area contributed by atoms with Crippen LogP contribution in [0.2, 0.25) is 0 Å². The molecule has 3 nitrogen and oxygen atoms in total. The van der Waals surface area contributed by atoms with Crippen LogP contribution in [0.15, 0.2) is 12.1 Å². The minimum atomic E-state index is -0.429. The lowest BCUT2D eigenvalue weighted by molar-refractivity contribution is -0.129. The Morgan fingerprint density at radius 2 is 2.00 bits per heavy atom. The molecular weight excluding hydrogens is 204 g/mol. The van der Waals surface area contributed by atoms with Crippen molar-refractivity contribution in [1.29, 1.82) is 0 Å². The van der Waals surface area contributed by atoms with Gasteiger partial charge in [-0.05, 0) is 36.6 Å². The van der Waals surface area contributed by atoms with Gasteiger partial charge < -0.3 is 14.3 Å². The van der Waals surface area contributed by atoms with Crippen LogP contribution < -0.4 is 4.74 Å². The third-order valence-electron chi connectivity index (χ3n) is 3.44. The fourth-order valence-electron chi connectivity index (χ4n) is 2.17. The van der Waals surface area contributed by atoms with E-state index in [0.717, 1.165) is 28.7 Å². The predicted molar refractivity (Wildman–Crippen MR) is 61.0 cm³/mol. The minimum absolute atomic E-state index is 0.429. The molecule has 16 heavy (non-hydrogen) atoms. The average molecular weight is 220 g/mol. The second kappa shape index (κ2) is 3.91. The van der Waals surface area contributed by atoms with Gasteiger partial charge in [-0.15, -0.1) is 0 Å². The zero-order valence-corrected chi connectivity index (χ0v) is 9.87. The normalized spacial score (nSPS) is 17.7. The van der Waals surface area contributed by atoms with Crippen molar-refractivity contribution < 1.29 is 14.3 Å². The first-order valence-electron chi connectivity index (χ1n) is 5.33. The summed E-state index contributed by atoms with van der Waals surface area (Å²) >= 11 is 0. The van der Waals surface area contributed by atoms with Crippen LogP contribution in [0.3, 0.4) is 0 Å². The molecule has 86 valence electrons. The summed E-state index contributed by atoms with van der Waals surface area (Å²) in [6.07, 6.45) is 1.00. The molecule has 0 amide bonds. The number of ether oxygens (including phenoxy) is 2. The number of hydrogen-bond donors (Lipinski definition) is 0. The van der Waals surface area contributed by atoms with E-state index >= 15 is 0 Å². The van der Waals surface area contributed by atoms with Crippen molar-refractivity contribution in [3.63, 3.8) is 0 Å². The third kappa shape index (κ3) is 1.43. The lowest BCUT2D eigenvalue weighted by atomic mass is 9.77. The summed E-state index contributed by atoms with van der Waals surface area (Å²) in [6, 6.07) is 3.89. The van der Waals surface area contributed by atoms with E-state index in [2.05, 4.69) is 0 Å². The van der Waals surface area contributed by atoms with Crippen LogP contribution in [0, 0.1) is 13.8 Å². The topological polar surface area (TPSA) is 35.5 Å². The maximum Gasteiger partial charge on any atom is 0.135 e. The van der Waals surface area contributed by atoms with Gasteiger partial charge in [0.15, 0.2) is 0 Å². The first-order valence-corrected chi connectivity index (χ1v) is 5.33. The Balaban J connectivity index is 2.50. The largest absolute Gasteiger partial charge is 0.496 e. The van der Waals surface area contributed by atoms with Crippen LogP contribution in [0.1, 0.15) is 16.7 Å². The molecular formula is C13H16O3. The van der Waals surface area contributed by atoms with Crippen molar-refractivity contribution in [2.24, 2.45) is 0 Å². The number of benzene rings is 1. The molecule has 0 atom stereocenters. The smallest absolute Gasteiger partial charge is 0.135 e. The number of carbonyl (C=O) groups is 1. The molecule has 1 aliphatic heterocycles. The Kier molecular flexibility index (Phi) is 2.72. The van der Waals surface area contributed by atoms with E-state index in [-0.39, 0.29) is 0 Å². The molecule has 0 radical (unpaired) electrons. The molecule has 1 aliphatic rings. The number of methoxy groups -OCH3 is 1. The zero-order chi connectivity index (χ0) is 11.8. The summed E-state index contributed by atoms with van der Waals surface area (Å²) in [5.41, 5.74) is 2.84. The molecule has 0 saturated carbocycles. The summed E-state index contributed by atoms with van der Waals surface area (Å²) in [6.45, 7) is 5.01. The van der Waals surface area contributed by atoms with Crippen LogP contribution >= 0.6 is 0 Å². The maximum absolute atomic E-state index is 11.2. The van der Waals surface area contributed by atoms with E-state index in [9.17, 15) is 4.79 Å². The number of rotatable bonds is 3. The van der Waals surface area contributed by atoms with Gasteiger partial charge in [-0.25, -0.2) is 0 Å². The van der Waals surface area contributed by atoms with Crippen molar-refractivity contribution in [2.45, 2.75) is 19.3 Å². The van der Waals surface area contributed by atoms with E-state index < -0.39 is 5.41 Å². The van der Waals surface area contributed by atoms with Crippen LogP contribution in [-0.2, 0) is 14.9 Å². The first kappa shape index (κ1) is 11.1. The molecule has 1 fully saturated rings. The molecule has 0 aromatic heterocycles. The van der Waals surface area contributed by atoms with E-state index in [1.54, 1.807) is 7.11 Å². The monoisotopic (exact) mass is 220 g/mol. The van der Waals surface area contributed by atoms with Gasteiger partial charge in [-0.1, -0.05) is 6.07 Å². The summed E-state index contributed by atoms with van der Waals surface area (Å²) in [5.74, 6) is 0.863. The highest BCUT2D eigenvalue weighted by molar-refractivity contribution is 5.72. The van der Waals surface area contributed by atoms with Gasteiger partial charge in [0.25, 0.3) is 0 Å². The highest BCUT2D eigenvalue weighted by Gasteiger charge is 2.41. The van der Waals surface area contributed by atoms with Gasteiger partial charge in [-0.3, -0.25) is 0 Å². The average Bonchev–Trinajstić information content (AvgIpc) is 2.23. The van der Waals surface area contributed by atoms with Crippen LogP contribution in [0.25, 0.3) is 0 Å². The Labute approximate surface area is 95.4 Å². The number of carbonyl (C=O) groups excluding carboxylic acids is 1. The minimum Gasteiger partial charge on any atom is -0.496 e. The Morgan fingerprint density at radius 1 is 1.31 bits per heavy atom. The van der Waals surface area contributed by atoms with Gasteiger partial charge in [-0.2, -0.15) is 0 Å². The van der Waals surface area contributed by atoms with E-state index in [4.69, 9.17) is 9.47 Å². The van der Waals surface area contributed by atoms with Crippen molar-refractivity contribution in [3.05, 3.63) is 28.8 Å². The Hall–Kier alpha value is -1.35. The molecule has 0 bridgehead atoms. The van der Waals surface area contributed by atoms with E-state index in [0.29, 0.717) is 13.2 Å². The molecule has 0 N–H and O–H groups in total. The van der Waals surface area contributed by atoms with Gasteiger partial charge in [0.2, 0.25) is 0 Å². The molecule has 2 rings (SSSR count). The quantitative estimate of drug-likeness (QED) is 0.728. The van der Waals surface area contributed by atoms with Gasteiger partial charge in [0, 0.05) is 0 Å². The molecule has 0 aliphatic carbocycles. The van der Waals surface area contributed by atoms with Crippen molar-refractivity contribution >= 4 is 6.29 Å². The number of aldehydes is 1. The molecule has 1 aromatic rings.